The van der Waals surface area contributed by atoms with Crippen molar-refractivity contribution in [3.05, 3.63) is 16.8 Å². The summed E-state index contributed by atoms with van der Waals surface area (Å²) in [7, 11) is -2.90. The lowest BCUT2D eigenvalue weighted by atomic mass is 10.1. The van der Waals surface area contributed by atoms with Gasteiger partial charge < -0.3 is 10.2 Å². The van der Waals surface area contributed by atoms with E-state index in [0.29, 0.717) is 18.8 Å². The van der Waals surface area contributed by atoms with Gasteiger partial charge in [0.15, 0.2) is 9.84 Å². The lowest BCUT2D eigenvalue weighted by Crippen LogP contribution is -2.33. The lowest BCUT2D eigenvalue weighted by molar-refractivity contribution is 0.0746. The molecule has 4 rings (SSSR count). The molecule has 158 valence electrons. The minimum Gasteiger partial charge on any atom is -0.369 e. The molecule has 2 aliphatic rings. The van der Waals surface area contributed by atoms with E-state index in [0.717, 1.165) is 46.6 Å². The third-order valence-corrected chi connectivity index (χ3v) is 8.97. The molecule has 0 aromatic carbocycles. The molecule has 1 atom stereocenters. The number of hydrogen-bond acceptors (Lipinski definition) is 7. The zero-order valence-electron chi connectivity index (χ0n) is 16.8. The molecule has 7 nitrogen and oxygen atoms in total. The van der Waals surface area contributed by atoms with Gasteiger partial charge in [0.25, 0.3) is 5.91 Å². The molecule has 2 fully saturated rings. The fraction of sp³-hybridized carbons (Fsp3) is 0.650. The molecule has 1 unspecified atom stereocenters. The van der Waals surface area contributed by atoms with Crippen molar-refractivity contribution in [1.82, 2.24) is 14.9 Å². The number of anilines is 1. The van der Waals surface area contributed by atoms with E-state index in [9.17, 15) is 13.2 Å². The number of fused-ring (bicyclic) bond motifs is 1. The summed E-state index contributed by atoms with van der Waals surface area (Å²) in [5, 5.41) is 4.21. The van der Waals surface area contributed by atoms with E-state index in [-0.39, 0.29) is 23.3 Å². The van der Waals surface area contributed by atoms with Gasteiger partial charge >= 0.3 is 0 Å². The van der Waals surface area contributed by atoms with E-state index < -0.39 is 9.84 Å². The smallest absolute Gasteiger partial charge is 0.264 e. The average molecular weight is 437 g/mol. The number of sulfone groups is 1. The van der Waals surface area contributed by atoms with Gasteiger partial charge in [-0.05, 0) is 37.7 Å². The van der Waals surface area contributed by atoms with Gasteiger partial charge in [-0.2, -0.15) is 0 Å². The van der Waals surface area contributed by atoms with Crippen molar-refractivity contribution >= 4 is 43.1 Å². The summed E-state index contributed by atoms with van der Waals surface area (Å²) in [6.45, 7) is 4.17. The molecule has 29 heavy (non-hydrogen) atoms. The van der Waals surface area contributed by atoms with Crippen LogP contribution in [0.25, 0.3) is 10.2 Å². The number of likely N-dealkylation sites (tertiary alicyclic amines) is 1. The molecule has 1 amide bonds. The second-order valence-electron chi connectivity index (χ2n) is 8.17. The van der Waals surface area contributed by atoms with Crippen LogP contribution in [-0.2, 0) is 9.84 Å². The molecule has 0 radical (unpaired) electrons. The highest BCUT2D eigenvalue weighted by atomic mass is 32.2. The van der Waals surface area contributed by atoms with Gasteiger partial charge in [0.2, 0.25) is 0 Å². The van der Waals surface area contributed by atoms with Crippen LogP contribution in [0.15, 0.2) is 6.33 Å². The topological polar surface area (TPSA) is 92.3 Å². The van der Waals surface area contributed by atoms with Crippen LogP contribution in [0.2, 0.25) is 0 Å². The Morgan fingerprint density at radius 1 is 1.21 bits per heavy atom. The van der Waals surface area contributed by atoms with Crippen LogP contribution in [0.3, 0.4) is 0 Å². The van der Waals surface area contributed by atoms with Crippen LogP contribution < -0.4 is 5.32 Å². The van der Waals surface area contributed by atoms with E-state index in [1.165, 1.54) is 36.9 Å². The molecular formula is C20H28N4O3S2. The highest BCUT2D eigenvalue weighted by molar-refractivity contribution is 7.91. The normalized spacial score (nSPS) is 22.4. The van der Waals surface area contributed by atoms with Gasteiger partial charge in [-0.3, -0.25) is 4.79 Å². The first-order chi connectivity index (χ1) is 13.9. The van der Waals surface area contributed by atoms with Crippen molar-refractivity contribution in [3.63, 3.8) is 0 Å². The van der Waals surface area contributed by atoms with Crippen molar-refractivity contribution in [2.45, 2.75) is 45.4 Å². The summed E-state index contributed by atoms with van der Waals surface area (Å²) in [6, 6.07) is 0. The average Bonchev–Trinajstić information content (AvgIpc) is 3.19. The number of aryl methyl sites for hydroxylation is 1. The van der Waals surface area contributed by atoms with E-state index in [4.69, 9.17) is 0 Å². The van der Waals surface area contributed by atoms with Crippen LogP contribution in [0.1, 0.15) is 53.8 Å². The number of rotatable bonds is 4. The summed E-state index contributed by atoms with van der Waals surface area (Å²) in [4.78, 5) is 25.5. The molecule has 4 heterocycles. The fourth-order valence-electron chi connectivity index (χ4n) is 4.28. The number of carbonyl (C=O) groups excluding carboxylic acids is 1. The van der Waals surface area contributed by atoms with E-state index in [1.807, 2.05) is 11.8 Å². The highest BCUT2D eigenvalue weighted by Gasteiger charge is 2.28. The molecule has 0 spiro atoms. The predicted octanol–water partition coefficient (Wildman–Crippen LogP) is 3.25. The SMILES string of the molecule is Cc1c(C(=O)N2CCCCCCC2)sc2ncnc(NCC3CCS(=O)(=O)C3)c12. The van der Waals surface area contributed by atoms with E-state index in [1.54, 1.807) is 0 Å². The molecule has 2 saturated heterocycles. The molecule has 0 aliphatic carbocycles. The van der Waals surface area contributed by atoms with E-state index in [2.05, 4.69) is 15.3 Å². The summed E-state index contributed by atoms with van der Waals surface area (Å²) >= 11 is 1.43. The Morgan fingerprint density at radius 3 is 2.62 bits per heavy atom. The third-order valence-electron chi connectivity index (χ3n) is 5.95. The maximum absolute atomic E-state index is 13.2. The Hall–Kier alpha value is -1.74. The number of nitrogens with one attached hydrogen (secondary N) is 1. The largest absolute Gasteiger partial charge is 0.369 e. The molecule has 0 bridgehead atoms. The number of nitrogens with zero attached hydrogens (tertiary/aromatic N) is 3. The third kappa shape index (κ3) is 4.55. The van der Waals surface area contributed by atoms with Gasteiger partial charge in [0, 0.05) is 19.6 Å². The van der Waals surface area contributed by atoms with Gasteiger partial charge in [-0.1, -0.05) is 19.3 Å². The Kier molecular flexibility index (Phi) is 6.06. The summed E-state index contributed by atoms with van der Waals surface area (Å²) in [6.07, 6.45) is 7.95. The number of carbonyl (C=O) groups is 1. The minimum atomic E-state index is -2.90. The lowest BCUT2D eigenvalue weighted by Gasteiger charge is -2.24. The summed E-state index contributed by atoms with van der Waals surface area (Å²) in [5.41, 5.74) is 0.916. The Balaban J connectivity index is 1.55. The molecule has 2 aliphatic heterocycles. The maximum atomic E-state index is 13.2. The Bertz CT molecular complexity index is 995. The first-order valence-electron chi connectivity index (χ1n) is 10.4. The molecule has 2 aromatic rings. The van der Waals surface area contributed by atoms with Crippen molar-refractivity contribution in [2.75, 3.05) is 36.5 Å². The second-order valence-corrected chi connectivity index (χ2v) is 11.4. The molecule has 2 aromatic heterocycles. The van der Waals surface area contributed by atoms with Crippen LogP contribution >= 0.6 is 11.3 Å². The van der Waals surface area contributed by atoms with Crippen molar-refractivity contribution in [1.29, 1.82) is 0 Å². The molecular weight excluding hydrogens is 408 g/mol. The van der Waals surface area contributed by atoms with Crippen LogP contribution in [0.5, 0.6) is 0 Å². The Morgan fingerprint density at radius 2 is 1.93 bits per heavy atom. The van der Waals surface area contributed by atoms with Gasteiger partial charge in [0.1, 0.15) is 17.0 Å². The van der Waals surface area contributed by atoms with Crippen molar-refractivity contribution in [2.24, 2.45) is 5.92 Å². The monoisotopic (exact) mass is 436 g/mol. The zero-order valence-corrected chi connectivity index (χ0v) is 18.4. The maximum Gasteiger partial charge on any atom is 0.264 e. The fourth-order valence-corrected chi connectivity index (χ4v) is 7.26. The number of hydrogen-bond donors (Lipinski definition) is 1. The van der Waals surface area contributed by atoms with Gasteiger partial charge in [-0.15, -0.1) is 11.3 Å². The first kappa shape index (κ1) is 20.5. The van der Waals surface area contributed by atoms with Crippen molar-refractivity contribution in [3.8, 4) is 0 Å². The molecule has 9 heteroatoms. The zero-order chi connectivity index (χ0) is 20.4. The second kappa shape index (κ2) is 8.55. The first-order valence-corrected chi connectivity index (χ1v) is 13.1. The van der Waals surface area contributed by atoms with Crippen LogP contribution in [-0.4, -0.2) is 60.3 Å². The number of aromatic nitrogens is 2. The summed E-state index contributed by atoms with van der Waals surface area (Å²) < 4.78 is 23.4. The van der Waals surface area contributed by atoms with Gasteiger partial charge in [-0.25, -0.2) is 18.4 Å². The molecule has 1 N–H and O–H groups in total. The van der Waals surface area contributed by atoms with Crippen LogP contribution in [0.4, 0.5) is 5.82 Å². The quantitative estimate of drug-likeness (QED) is 0.791. The van der Waals surface area contributed by atoms with Gasteiger partial charge in [0.05, 0.1) is 21.8 Å². The minimum absolute atomic E-state index is 0.0974. The predicted molar refractivity (Wildman–Crippen MR) is 116 cm³/mol. The highest BCUT2D eigenvalue weighted by Crippen LogP contribution is 2.34. The van der Waals surface area contributed by atoms with Crippen molar-refractivity contribution < 1.29 is 13.2 Å². The summed E-state index contributed by atoms with van der Waals surface area (Å²) in [5.74, 6) is 1.39. The number of thiophene rings is 1. The van der Waals surface area contributed by atoms with Crippen LogP contribution in [0, 0.1) is 12.8 Å². The Labute approximate surface area is 175 Å². The molecule has 0 saturated carbocycles. The number of amides is 1. The standard InChI is InChI=1S/C20H28N4O3S2/c1-14-16-18(21-11-15-7-10-29(26,27)12-15)22-13-23-19(16)28-17(14)20(25)24-8-5-3-2-4-6-9-24/h13,15H,2-12H2,1H3,(H,21,22,23). The van der Waals surface area contributed by atoms with E-state index >= 15 is 0 Å².